The zero-order valence-corrected chi connectivity index (χ0v) is 9.93. The molecule has 0 fully saturated rings. The lowest BCUT2D eigenvalue weighted by molar-refractivity contribution is 0.266. The van der Waals surface area contributed by atoms with Gasteiger partial charge in [0.25, 0.3) is 0 Å². The molecular formula is C13H17N3O. The topological polar surface area (TPSA) is 58.0 Å². The fourth-order valence-electron chi connectivity index (χ4n) is 1.75. The first-order valence-corrected chi connectivity index (χ1v) is 5.86. The Morgan fingerprint density at radius 2 is 2.18 bits per heavy atom. The van der Waals surface area contributed by atoms with Crippen molar-refractivity contribution in [1.82, 2.24) is 10.2 Å². The summed E-state index contributed by atoms with van der Waals surface area (Å²) in [6.07, 6.45) is 2.55. The van der Waals surface area contributed by atoms with E-state index in [4.69, 9.17) is 5.11 Å². The predicted molar refractivity (Wildman–Crippen MR) is 68.9 cm³/mol. The van der Waals surface area contributed by atoms with E-state index >= 15 is 0 Å². The van der Waals surface area contributed by atoms with E-state index in [0.29, 0.717) is 5.92 Å². The Balaban J connectivity index is 2.13. The smallest absolute Gasteiger partial charge is 0.0950 e. The molecule has 0 aliphatic rings. The van der Waals surface area contributed by atoms with Crippen LogP contribution < -0.4 is 5.32 Å². The first-order chi connectivity index (χ1) is 8.31. The molecule has 0 saturated carbocycles. The summed E-state index contributed by atoms with van der Waals surface area (Å²) < 4.78 is 0. The third kappa shape index (κ3) is 2.91. The van der Waals surface area contributed by atoms with Gasteiger partial charge in [-0.25, -0.2) is 0 Å². The molecule has 0 saturated heterocycles. The molecule has 1 aromatic heterocycles. The summed E-state index contributed by atoms with van der Waals surface area (Å²) in [5, 5.41) is 21.3. The van der Waals surface area contributed by atoms with Crippen LogP contribution in [0.1, 0.15) is 13.3 Å². The second kappa shape index (κ2) is 5.59. The molecule has 1 unspecified atom stereocenters. The zero-order valence-electron chi connectivity index (χ0n) is 9.93. The van der Waals surface area contributed by atoms with Crippen molar-refractivity contribution >= 4 is 16.6 Å². The van der Waals surface area contributed by atoms with Crippen molar-refractivity contribution < 1.29 is 5.11 Å². The number of fused-ring (bicyclic) bond motifs is 1. The summed E-state index contributed by atoms with van der Waals surface area (Å²) in [7, 11) is 0. The summed E-state index contributed by atoms with van der Waals surface area (Å²) in [5.41, 5.74) is 1.90. The van der Waals surface area contributed by atoms with Crippen LogP contribution in [0.25, 0.3) is 10.9 Å². The number of aromatic nitrogens is 2. The minimum absolute atomic E-state index is 0.234. The highest BCUT2D eigenvalue weighted by molar-refractivity contribution is 5.90. The Kier molecular flexibility index (Phi) is 3.88. The quantitative estimate of drug-likeness (QED) is 0.827. The molecule has 4 heteroatoms. The largest absolute Gasteiger partial charge is 0.396 e. The third-order valence-corrected chi connectivity index (χ3v) is 2.81. The summed E-state index contributed by atoms with van der Waals surface area (Å²) in [6, 6.07) is 7.93. The van der Waals surface area contributed by atoms with Gasteiger partial charge in [-0.2, -0.15) is 10.2 Å². The van der Waals surface area contributed by atoms with Crippen LogP contribution in [-0.4, -0.2) is 28.5 Å². The van der Waals surface area contributed by atoms with Gasteiger partial charge in [-0.05, 0) is 18.4 Å². The summed E-state index contributed by atoms with van der Waals surface area (Å²) in [4.78, 5) is 0. The average molecular weight is 231 g/mol. The summed E-state index contributed by atoms with van der Waals surface area (Å²) >= 11 is 0. The fourth-order valence-corrected chi connectivity index (χ4v) is 1.75. The molecule has 90 valence electrons. The monoisotopic (exact) mass is 231 g/mol. The zero-order chi connectivity index (χ0) is 12.1. The van der Waals surface area contributed by atoms with Crippen LogP contribution in [0, 0.1) is 5.92 Å². The van der Waals surface area contributed by atoms with E-state index in [1.165, 1.54) is 0 Å². The van der Waals surface area contributed by atoms with E-state index in [1.807, 2.05) is 24.3 Å². The van der Waals surface area contributed by atoms with E-state index in [1.54, 1.807) is 6.20 Å². The van der Waals surface area contributed by atoms with Gasteiger partial charge in [-0.1, -0.05) is 25.1 Å². The Morgan fingerprint density at radius 1 is 1.35 bits per heavy atom. The number of nitrogens with one attached hydrogen (secondary N) is 1. The Morgan fingerprint density at radius 3 is 3.00 bits per heavy atom. The minimum atomic E-state index is 0.234. The van der Waals surface area contributed by atoms with Gasteiger partial charge in [-0.15, -0.1) is 0 Å². The van der Waals surface area contributed by atoms with Gasteiger partial charge in [0.15, 0.2) is 0 Å². The minimum Gasteiger partial charge on any atom is -0.396 e. The number of rotatable bonds is 5. The van der Waals surface area contributed by atoms with Crippen LogP contribution in [-0.2, 0) is 0 Å². The lowest BCUT2D eigenvalue weighted by atomic mass is 10.1. The molecule has 1 aromatic carbocycles. The Labute approximate surface area is 101 Å². The molecule has 0 aliphatic heterocycles. The third-order valence-electron chi connectivity index (χ3n) is 2.81. The summed E-state index contributed by atoms with van der Waals surface area (Å²) in [6.45, 7) is 3.18. The molecule has 0 aliphatic carbocycles. The van der Waals surface area contributed by atoms with Crippen LogP contribution in [0.3, 0.4) is 0 Å². The van der Waals surface area contributed by atoms with Gasteiger partial charge in [0, 0.05) is 18.5 Å². The van der Waals surface area contributed by atoms with Gasteiger partial charge in [0.1, 0.15) is 0 Å². The van der Waals surface area contributed by atoms with Gasteiger partial charge >= 0.3 is 0 Å². The lowest BCUT2D eigenvalue weighted by Gasteiger charge is -2.13. The molecule has 0 spiro atoms. The fraction of sp³-hybridized carbons (Fsp3) is 0.385. The maximum Gasteiger partial charge on any atom is 0.0950 e. The van der Waals surface area contributed by atoms with Crippen molar-refractivity contribution in [2.45, 2.75) is 13.3 Å². The number of hydrogen-bond donors (Lipinski definition) is 2. The molecule has 4 nitrogen and oxygen atoms in total. The highest BCUT2D eigenvalue weighted by Gasteiger charge is 2.04. The Bertz CT molecular complexity index is 482. The normalized spacial score (nSPS) is 12.6. The molecule has 1 atom stereocenters. The summed E-state index contributed by atoms with van der Waals surface area (Å²) in [5.74, 6) is 0.437. The number of benzene rings is 1. The van der Waals surface area contributed by atoms with Crippen LogP contribution >= 0.6 is 0 Å². The number of nitrogens with zero attached hydrogens (tertiary/aromatic N) is 2. The van der Waals surface area contributed by atoms with Crippen molar-refractivity contribution in [2.24, 2.45) is 5.92 Å². The standard InChI is InChI=1S/C13H17N3O/c1-10(6-7-17)8-14-13-9-15-16-12-5-3-2-4-11(12)13/h2-5,9-10,17H,6-8H2,1H3,(H,14,16). The molecule has 2 aromatic rings. The van der Waals surface area contributed by atoms with Gasteiger partial charge in [0.05, 0.1) is 17.4 Å². The van der Waals surface area contributed by atoms with Gasteiger partial charge in [0.2, 0.25) is 0 Å². The van der Waals surface area contributed by atoms with Crippen molar-refractivity contribution in [3.8, 4) is 0 Å². The van der Waals surface area contributed by atoms with Crippen LogP contribution in [0.4, 0.5) is 5.69 Å². The van der Waals surface area contributed by atoms with Gasteiger partial charge in [-0.3, -0.25) is 0 Å². The van der Waals surface area contributed by atoms with Crippen molar-refractivity contribution in [3.05, 3.63) is 30.5 Å². The number of aliphatic hydroxyl groups excluding tert-OH is 1. The van der Waals surface area contributed by atoms with E-state index < -0.39 is 0 Å². The maximum absolute atomic E-state index is 8.86. The molecule has 2 N–H and O–H groups in total. The molecular weight excluding hydrogens is 214 g/mol. The second-order valence-electron chi connectivity index (χ2n) is 4.27. The highest BCUT2D eigenvalue weighted by atomic mass is 16.3. The Hall–Kier alpha value is -1.68. The maximum atomic E-state index is 8.86. The van der Waals surface area contributed by atoms with Crippen LogP contribution in [0.5, 0.6) is 0 Å². The first kappa shape index (κ1) is 11.8. The van der Waals surface area contributed by atoms with Crippen molar-refractivity contribution in [3.63, 3.8) is 0 Å². The van der Waals surface area contributed by atoms with Crippen molar-refractivity contribution in [1.29, 1.82) is 0 Å². The number of hydrogen-bond acceptors (Lipinski definition) is 4. The van der Waals surface area contributed by atoms with Gasteiger partial charge < -0.3 is 10.4 Å². The first-order valence-electron chi connectivity index (χ1n) is 5.86. The molecule has 0 amide bonds. The number of aliphatic hydroxyl groups is 1. The molecule has 17 heavy (non-hydrogen) atoms. The van der Waals surface area contributed by atoms with E-state index in [2.05, 4.69) is 22.4 Å². The molecule has 0 bridgehead atoms. The van der Waals surface area contributed by atoms with Crippen LogP contribution in [0.15, 0.2) is 30.5 Å². The average Bonchev–Trinajstić information content (AvgIpc) is 2.36. The lowest BCUT2D eigenvalue weighted by Crippen LogP contribution is -2.13. The van der Waals surface area contributed by atoms with Crippen LogP contribution in [0.2, 0.25) is 0 Å². The SMILES string of the molecule is CC(CCO)CNc1cnnc2ccccc12. The molecule has 1 heterocycles. The highest BCUT2D eigenvalue weighted by Crippen LogP contribution is 2.20. The molecule has 0 radical (unpaired) electrons. The van der Waals surface area contributed by atoms with E-state index in [0.717, 1.165) is 29.6 Å². The second-order valence-corrected chi connectivity index (χ2v) is 4.27. The van der Waals surface area contributed by atoms with Crippen molar-refractivity contribution in [2.75, 3.05) is 18.5 Å². The van der Waals surface area contributed by atoms with E-state index in [9.17, 15) is 0 Å². The predicted octanol–water partition coefficient (Wildman–Crippen LogP) is 2.06. The number of anilines is 1. The molecule has 2 rings (SSSR count). The van der Waals surface area contributed by atoms with E-state index in [-0.39, 0.29) is 6.61 Å².